The maximum Gasteiger partial charge on any atom is 0.323 e. The van der Waals surface area contributed by atoms with Crippen LogP contribution >= 0.6 is 11.6 Å². The molecule has 3 N–H and O–H groups in total. The highest BCUT2D eigenvalue weighted by Crippen LogP contribution is 2.29. The number of nitrogens with zero attached hydrogens (tertiary/aromatic N) is 1. The lowest BCUT2D eigenvalue weighted by atomic mass is 10.1. The van der Waals surface area contributed by atoms with Crippen LogP contribution in [0, 0.1) is 6.92 Å². The van der Waals surface area contributed by atoms with Gasteiger partial charge in [-0.15, -0.1) is 0 Å². The summed E-state index contributed by atoms with van der Waals surface area (Å²) in [5.41, 5.74) is 4.22. The number of carbonyl (C=O) groups excluding carboxylic acids is 2. The first-order valence-electron chi connectivity index (χ1n) is 10.5. The molecule has 0 aliphatic carbocycles. The molecular formula is C25H25ClN4O2. The summed E-state index contributed by atoms with van der Waals surface area (Å²) in [6.45, 7) is 3.12. The van der Waals surface area contributed by atoms with Gasteiger partial charge < -0.3 is 20.9 Å². The van der Waals surface area contributed by atoms with Crippen LogP contribution in [-0.4, -0.2) is 24.5 Å². The van der Waals surface area contributed by atoms with E-state index in [2.05, 4.69) is 16.0 Å². The molecule has 6 nitrogen and oxygen atoms in total. The lowest BCUT2D eigenvalue weighted by Gasteiger charge is -2.18. The van der Waals surface area contributed by atoms with Crippen LogP contribution in [0.5, 0.6) is 0 Å². The van der Waals surface area contributed by atoms with Gasteiger partial charge in [0.05, 0.1) is 16.8 Å². The molecule has 1 heterocycles. The van der Waals surface area contributed by atoms with Crippen LogP contribution in [-0.2, 0) is 11.3 Å². The Morgan fingerprint density at radius 1 is 1.00 bits per heavy atom. The van der Waals surface area contributed by atoms with Crippen molar-refractivity contribution in [1.82, 2.24) is 5.32 Å². The van der Waals surface area contributed by atoms with Gasteiger partial charge in [0.2, 0.25) is 5.91 Å². The minimum absolute atomic E-state index is 0.0184. The number of amides is 3. The number of aryl methyl sites for hydroxylation is 1. The summed E-state index contributed by atoms with van der Waals surface area (Å²) in [5.74, 6) is 0.0184. The lowest BCUT2D eigenvalue weighted by Crippen LogP contribution is -2.38. The third kappa shape index (κ3) is 5.28. The van der Waals surface area contributed by atoms with Crippen molar-refractivity contribution in [3.8, 4) is 0 Å². The summed E-state index contributed by atoms with van der Waals surface area (Å²) >= 11 is 6.25. The quantitative estimate of drug-likeness (QED) is 0.486. The van der Waals surface area contributed by atoms with E-state index in [9.17, 15) is 9.59 Å². The van der Waals surface area contributed by atoms with E-state index in [0.29, 0.717) is 30.2 Å². The smallest absolute Gasteiger partial charge is 0.310 e. The van der Waals surface area contributed by atoms with Crippen molar-refractivity contribution < 1.29 is 9.59 Å². The Morgan fingerprint density at radius 3 is 2.47 bits per heavy atom. The van der Waals surface area contributed by atoms with Crippen molar-refractivity contribution in [1.29, 1.82) is 0 Å². The molecule has 0 saturated carbocycles. The second kappa shape index (κ2) is 9.85. The molecule has 1 aliphatic heterocycles. The number of carbonyl (C=O) groups is 2. The van der Waals surface area contributed by atoms with E-state index in [1.54, 1.807) is 11.0 Å². The summed E-state index contributed by atoms with van der Waals surface area (Å²) in [5, 5.41) is 9.59. The third-order valence-corrected chi connectivity index (χ3v) is 5.68. The first-order valence-corrected chi connectivity index (χ1v) is 10.9. The van der Waals surface area contributed by atoms with Gasteiger partial charge in [-0.05, 0) is 60.9 Å². The molecule has 3 amide bonds. The molecule has 3 aromatic rings. The Labute approximate surface area is 192 Å². The van der Waals surface area contributed by atoms with E-state index in [4.69, 9.17) is 11.6 Å². The number of halogens is 1. The molecule has 32 heavy (non-hydrogen) atoms. The monoisotopic (exact) mass is 448 g/mol. The van der Waals surface area contributed by atoms with Gasteiger partial charge in [0, 0.05) is 24.5 Å². The van der Waals surface area contributed by atoms with Gasteiger partial charge in [0.15, 0.2) is 0 Å². The van der Waals surface area contributed by atoms with Crippen molar-refractivity contribution in [2.75, 3.05) is 22.1 Å². The van der Waals surface area contributed by atoms with E-state index in [1.807, 2.05) is 73.7 Å². The van der Waals surface area contributed by atoms with Crippen molar-refractivity contribution in [3.63, 3.8) is 0 Å². The van der Waals surface area contributed by atoms with Crippen molar-refractivity contribution in [3.05, 3.63) is 88.9 Å². The summed E-state index contributed by atoms with van der Waals surface area (Å²) in [6, 6.07) is 22.0. The van der Waals surface area contributed by atoms with Gasteiger partial charge in [0.25, 0.3) is 0 Å². The maximum absolute atomic E-state index is 12.8. The van der Waals surface area contributed by atoms with E-state index in [-0.39, 0.29) is 18.0 Å². The number of rotatable bonds is 6. The van der Waals surface area contributed by atoms with Crippen LogP contribution in [0.2, 0.25) is 5.02 Å². The number of hydrogen-bond acceptors (Lipinski definition) is 3. The molecule has 7 heteroatoms. The Balaban J connectivity index is 1.33. The highest BCUT2D eigenvalue weighted by Gasteiger charge is 2.32. The lowest BCUT2D eigenvalue weighted by molar-refractivity contribution is -0.118. The Kier molecular flexibility index (Phi) is 6.73. The largest absolute Gasteiger partial charge is 0.323 e. The Morgan fingerprint density at radius 2 is 1.72 bits per heavy atom. The predicted octanol–water partition coefficient (Wildman–Crippen LogP) is 5.19. The zero-order valence-electron chi connectivity index (χ0n) is 17.8. The van der Waals surface area contributed by atoms with Crippen LogP contribution in [0.1, 0.15) is 17.5 Å². The van der Waals surface area contributed by atoms with Gasteiger partial charge in [-0.2, -0.15) is 0 Å². The molecular weight excluding hydrogens is 424 g/mol. The molecule has 1 aliphatic rings. The zero-order chi connectivity index (χ0) is 22.5. The predicted molar refractivity (Wildman–Crippen MR) is 129 cm³/mol. The minimum Gasteiger partial charge on any atom is -0.310 e. The standard InChI is InChI=1S/C25H25ClN4O2/c1-17-6-4-8-19(14-17)28-25(32)29-20-9-5-7-18(15-20)16-27-22-12-13-30(24(22)31)23-11-3-2-10-21(23)26/h2-11,14-15,22,27H,12-13,16H2,1H3,(H2,28,29,32). The number of hydrogen-bond donors (Lipinski definition) is 3. The van der Waals surface area contributed by atoms with Crippen molar-refractivity contribution in [2.45, 2.75) is 25.9 Å². The average Bonchev–Trinajstić information content (AvgIpc) is 3.13. The number of benzene rings is 3. The second-order valence-corrected chi connectivity index (χ2v) is 8.22. The Hall–Kier alpha value is -3.35. The molecule has 1 atom stereocenters. The van der Waals surface area contributed by atoms with Crippen LogP contribution < -0.4 is 20.9 Å². The molecule has 1 saturated heterocycles. The normalized spacial score (nSPS) is 15.6. The van der Waals surface area contributed by atoms with Gasteiger partial charge in [-0.3, -0.25) is 4.79 Å². The molecule has 0 bridgehead atoms. The fourth-order valence-electron chi connectivity index (χ4n) is 3.80. The molecule has 0 aromatic heterocycles. The van der Waals surface area contributed by atoms with E-state index >= 15 is 0 Å². The number of nitrogens with one attached hydrogen (secondary N) is 3. The third-order valence-electron chi connectivity index (χ3n) is 5.36. The first kappa shape index (κ1) is 21.9. The van der Waals surface area contributed by atoms with E-state index in [1.165, 1.54) is 0 Å². The number of urea groups is 1. The molecule has 0 radical (unpaired) electrons. The SMILES string of the molecule is Cc1cccc(NC(=O)Nc2cccc(CNC3CCN(c4ccccc4Cl)C3=O)c2)c1. The molecule has 1 fully saturated rings. The fraction of sp³-hybridized carbons (Fsp3) is 0.200. The topological polar surface area (TPSA) is 73.5 Å². The zero-order valence-corrected chi connectivity index (χ0v) is 18.5. The van der Waals surface area contributed by atoms with Gasteiger partial charge in [-0.1, -0.05) is 48.0 Å². The highest BCUT2D eigenvalue weighted by atomic mass is 35.5. The van der Waals surface area contributed by atoms with Crippen LogP contribution in [0.15, 0.2) is 72.8 Å². The number of anilines is 3. The maximum atomic E-state index is 12.8. The van der Waals surface area contributed by atoms with Crippen molar-refractivity contribution in [2.24, 2.45) is 0 Å². The minimum atomic E-state index is -0.304. The van der Waals surface area contributed by atoms with Gasteiger partial charge >= 0.3 is 6.03 Å². The summed E-state index contributed by atoms with van der Waals surface area (Å²) in [7, 11) is 0. The molecule has 1 unspecified atom stereocenters. The molecule has 0 spiro atoms. The average molecular weight is 449 g/mol. The molecule has 164 valence electrons. The van der Waals surface area contributed by atoms with Gasteiger partial charge in [-0.25, -0.2) is 4.79 Å². The van der Waals surface area contributed by atoms with Crippen LogP contribution in [0.4, 0.5) is 21.9 Å². The number of para-hydroxylation sites is 1. The van der Waals surface area contributed by atoms with Crippen LogP contribution in [0.25, 0.3) is 0 Å². The first-order chi connectivity index (χ1) is 15.5. The van der Waals surface area contributed by atoms with Gasteiger partial charge in [0.1, 0.15) is 0 Å². The van der Waals surface area contributed by atoms with Crippen molar-refractivity contribution >= 4 is 40.6 Å². The second-order valence-electron chi connectivity index (χ2n) is 7.81. The summed E-state index contributed by atoms with van der Waals surface area (Å²) in [4.78, 5) is 26.9. The summed E-state index contributed by atoms with van der Waals surface area (Å²) in [6.07, 6.45) is 0.709. The van der Waals surface area contributed by atoms with Crippen LogP contribution in [0.3, 0.4) is 0 Å². The fourth-order valence-corrected chi connectivity index (χ4v) is 4.03. The van der Waals surface area contributed by atoms with E-state index < -0.39 is 0 Å². The Bertz CT molecular complexity index is 1130. The van der Waals surface area contributed by atoms with E-state index in [0.717, 1.165) is 22.5 Å². The summed E-state index contributed by atoms with van der Waals surface area (Å²) < 4.78 is 0. The highest BCUT2D eigenvalue weighted by molar-refractivity contribution is 6.33. The molecule has 4 rings (SSSR count). The molecule has 3 aromatic carbocycles.